The number of imidazole rings is 1. The maximum atomic E-state index is 14.1. The van der Waals surface area contributed by atoms with E-state index in [-0.39, 0.29) is 18.7 Å². The lowest BCUT2D eigenvalue weighted by Crippen LogP contribution is -2.33. The summed E-state index contributed by atoms with van der Waals surface area (Å²) >= 11 is 5.85. The van der Waals surface area contributed by atoms with Crippen LogP contribution in [0.5, 0.6) is 5.88 Å². The van der Waals surface area contributed by atoms with Crippen LogP contribution in [0, 0.1) is 5.82 Å². The molecule has 0 amide bonds. The molecule has 2 aromatic carbocycles. The van der Waals surface area contributed by atoms with Gasteiger partial charge < -0.3 is 18.8 Å². The fourth-order valence-electron chi connectivity index (χ4n) is 5.22. The lowest BCUT2D eigenvalue weighted by molar-refractivity contribution is -0.0591. The summed E-state index contributed by atoms with van der Waals surface area (Å²) < 4.78 is 33.4. The van der Waals surface area contributed by atoms with Crippen molar-refractivity contribution < 1.29 is 23.4 Å². The molecule has 0 bridgehead atoms. The van der Waals surface area contributed by atoms with Crippen LogP contribution in [0.4, 0.5) is 4.39 Å². The molecule has 0 spiro atoms. The molecule has 1 fully saturated rings. The summed E-state index contributed by atoms with van der Waals surface area (Å²) in [5.41, 5.74) is 3.10. The Morgan fingerprint density at radius 1 is 1.16 bits per heavy atom. The van der Waals surface area contributed by atoms with E-state index in [0.29, 0.717) is 47.5 Å². The number of nitrogens with zero attached hydrogens (tertiary/aromatic N) is 5. The van der Waals surface area contributed by atoms with Gasteiger partial charge in [0.05, 0.1) is 35.8 Å². The summed E-state index contributed by atoms with van der Waals surface area (Å²) in [5.74, 6) is 1.14. The molecule has 9 nitrogen and oxygen atoms in total. The number of carbonyl (C=O) groups is 1. The number of carbonyl (C=O) groups excluding carboxylic acids is 1. The van der Waals surface area contributed by atoms with Crippen LogP contribution in [0.3, 0.4) is 0 Å². The maximum absolute atomic E-state index is 14.1. The number of esters is 1. The second-order valence-electron chi connectivity index (χ2n) is 12.1. The standard InChI is InChI=1S/C33H35ClFN5O4/c1-33(2,3)44-32(41)22-5-7-27-28(16-22)40(18-25-11-15-42-25)29(37-27)19-39-13-9-21(10-14-39)31-36-12-8-30(38-31)43-20-23-4-6-24(34)17-26(23)35/h4-9,12,16-17,25H,10-11,13-15,18-20H2,1-3H3/t25-/m0/s1. The van der Waals surface area contributed by atoms with Gasteiger partial charge in [-0.1, -0.05) is 23.7 Å². The summed E-state index contributed by atoms with van der Waals surface area (Å²) in [4.78, 5) is 29.1. The minimum absolute atomic E-state index is 0.0401. The number of rotatable bonds is 9. The molecule has 0 unspecified atom stereocenters. The predicted molar refractivity (Wildman–Crippen MR) is 165 cm³/mol. The Hall–Kier alpha value is -3.86. The number of aromatic nitrogens is 4. The van der Waals surface area contributed by atoms with E-state index in [1.807, 2.05) is 32.9 Å². The summed E-state index contributed by atoms with van der Waals surface area (Å²) in [6.45, 7) is 9.21. The van der Waals surface area contributed by atoms with Gasteiger partial charge in [0.2, 0.25) is 5.88 Å². The van der Waals surface area contributed by atoms with Crippen molar-refractivity contribution in [2.75, 3.05) is 19.7 Å². The first-order chi connectivity index (χ1) is 21.1. The van der Waals surface area contributed by atoms with Crippen molar-refractivity contribution in [3.05, 3.63) is 88.4 Å². The Bertz CT molecular complexity index is 1710. The zero-order valence-corrected chi connectivity index (χ0v) is 25.8. The minimum Gasteiger partial charge on any atom is -0.473 e. The van der Waals surface area contributed by atoms with E-state index < -0.39 is 11.4 Å². The average Bonchev–Trinajstić information content (AvgIpc) is 3.30. The molecule has 2 aromatic heterocycles. The van der Waals surface area contributed by atoms with Gasteiger partial charge in [0, 0.05) is 42.5 Å². The number of ether oxygens (including phenoxy) is 3. The van der Waals surface area contributed by atoms with Crippen LogP contribution in [0.2, 0.25) is 5.02 Å². The highest BCUT2D eigenvalue weighted by molar-refractivity contribution is 6.30. The van der Waals surface area contributed by atoms with Gasteiger partial charge in [-0.3, -0.25) is 4.90 Å². The average molecular weight is 620 g/mol. The first-order valence-electron chi connectivity index (χ1n) is 14.8. The molecule has 44 heavy (non-hydrogen) atoms. The van der Waals surface area contributed by atoms with Crippen molar-refractivity contribution in [3.63, 3.8) is 0 Å². The van der Waals surface area contributed by atoms with Crippen LogP contribution < -0.4 is 4.74 Å². The molecule has 0 saturated carbocycles. The Kier molecular flexibility index (Phi) is 8.66. The van der Waals surface area contributed by atoms with E-state index in [1.54, 1.807) is 30.5 Å². The molecule has 4 aromatic rings. The van der Waals surface area contributed by atoms with Crippen LogP contribution >= 0.6 is 11.6 Å². The van der Waals surface area contributed by atoms with Crippen molar-refractivity contribution in [2.24, 2.45) is 0 Å². The quantitative estimate of drug-likeness (QED) is 0.204. The number of halogens is 2. The highest BCUT2D eigenvalue weighted by atomic mass is 35.5. The number of hydrogen-bond acceptors (Lipinski definition) is 8. The fraction of sp³-hybridized carbons (Fsp3) is 0.394. The molecule has 2 aliphatic heterocycles. The molecule has 4 heterocycles. The monoisotopic (exact) mass is 619 g/mol. The molecule has 230 valence electrons. The first-order valence-corrected chi connectivity index (χ1v) is 15.1. The molecule has 1 atom stereocenters. The van der Waals surface area contributed by atoms with Gasteiger partial charge in [0.1, 0.15) is 23.8 Å². The van der Waals surface area contributed by atoms with Gasteiger partial charge in [-0.05, 0) is 69.5 Å². The van der Waals surface area contributed by atoms with Crippen molar-refractivity contribution in [1.82, 2.24) is 24.4 Å². The summed E-state index contributed by atoms with van der Waals surface area (Å²) in [7, 11) is 0. The predicted octanol–water partition coefficient (Wildman–Crippen LogP) is 6.23. The van der Waals surface area contributed by atoms with Crippen molar-refractivity contribution >= 4 is 34.2 Å². The van der Waals surface area contributed by atoms with Crippen LogP contribution in [0.15, 0.2) is 54.7 Å². The molecule has 2 aliphatic rings. The normalized spacial score (nSPS) is 17.3. The van der Waals surface area contributed by atoms with Gasteiger partial charge in [0.15, 0.2) is 5.82 Å². The Balaban J connectivity index is 1.15. The largest absolute Gasteiger partial charge is 0.473 e. The smallest absolute Gasteiger partial charge is 0.338 e. The first kappa shape index (κ1) is 30.2. The number of benzene rings is 2. The van der Waals surface area contributed by atoms with Crippen LogP contribution in [0.1, 0.15) is 61.2 Å². The van der Waals surface area contributed by atoms with E-state index in [9.17, 15) is 9.18 Å². The third-order valence-corrected chi connectivity index (χ3v) is 7.84. The van der Waals surface area contributed by atoms with E-state index in [4.69, 9.17) is 30.8 Å². The molecule has 0 radical (unpaired) electrons. The number of fused-ring (bicyclic) bond motifs is 1. The van der Waals surface area contributed by atoms with E-state index in [0.717, 1.165) is 48.4 Å². The molecule has 6 rings (SSSR count). The van der Waals surface area contributed by atoms with E-state index >= 15 is 0 Å². The third-order valence-electron chi connectivity index (χ3n) is 7.61. The molecular weight excluding hydrogens is 585 g/mol. The second kappa shape index (κ2) is 12.6. The van der Waals surface area contributed by atoms with Gasteiger partial charge in [0.25, 0.3) is 0 Å². The van der Waals surface area contributed by atoms with E-state index in [2.05, 4.69) is 25.5 Å². The van der Waals surface area contributed by atoms with Gasteiger partial charge in [-0.2, -0.15) is 4.98 Å². The van der Waals surface area contributed by atoms with E-state index in [1.165, 1.54) is 6.07 Å². The van der Waals surface area contributed by atoms with Gasteiger partial charge in [-0.15, -0.1) is 0 Å². The Morgan fingerprint density at radius 2 is 2.00 bits per heavy atom. The van der Waals surface area contributed by atoms with Crippen molar-refractivity contribution in [3.8, 4) is 5.88 Å². The van der Waals surface area contributed by atoms with Gasteiger partial charge in [-0.25, -0.2) is 19.2 Å². The summed E-state index contributed by atoms with van der Waals surface area (Å²) in [6.07, 6.45) is 5.66. The zero-order valence-electron chi connectivity index (χ0n) is 25.1. The summed E-state index contributed by atoms with van der Waals surface area (Å²) in [5, 5.41) is 0.339. The van der Waals surface area contributed by atoms with Crippen molar-refractivity contribution in [2.45, 2.75) is 65.0 Å². The fourth-order valence-corrected chi connectivity index (χ4v) is 5.38. The molecule has 0 N–H and O–H groups in total. The lowest BCUT2D eigenvalue weighted by Gasteiger charge is -2.29. The lowest BCUT2D eigenvalue weighted by atomic mass is 10.1. The Morgan fingerprint density at radius 3 is 2.70 bits per heavy atom. The molecule has 1 saturated heterocycles. The second-order valence-corrected chi connectivity index (χ2v) is 12.5. The topological polar surface area (TPSA) is 91.6 Å². The molecule has 11 heteroatoms. The van der Waals surface area contributed by atoms with Crippen molar-refractivity contribution in [1.29, 1.82) is 0 Å². The summed E-state index contributed by atoms with van der Waals surface area (Å²) in [6, 6.07) is 11.7. The maximum Gasteiger partial charge on any atom is 0.338 e. The molecular formula is C33H35ClFN5O4. The number of hydrogen-bond donors (Lipinski definition) is 0. The van der Waals surface area contributed by atoms with Gasteiger partial charge >= 0.3 is 5.97 Å². The SMILES string of the molecule is CC(C)(C)OC(=O)c1ccc2nc(CN3CC=C(c4nccc(OCc5ccc(Cl)cc5F)n4)CC3)n(C[C@@H]3CCO3)c2c1. The highest BCUT2D eigenvalue weighted by Gasteiger charge is 2.25. The van der Waals surface area contributed by atoms with Crippen LogP contribution in [-0.2, 0) is 29.2 Å². The Labute approximate surface area is 260 Å². The van der Waals surface area contributed by atoms with Crippen LogP contribution in [-0.4, -0.2) is 61.8 Å². The molecule has 0 aliphatic carbocycles. The highest BCUT2D eigenvalue weighted by Crippen LogP contribution is 2.27. The third kappa shape index (κ3) is 7.09. The minimum atomic E-state index is -0.575. The van der Waals surface area contributed by atoms with Crippen LogP contribution in [0.25, 0.3) is 16.6 Å². The zero-order chi connectivity index (χ0) is 30.8.